The maximum atomic E-state index is 13.2. The number of hydrogen-bond acceptors (Lipinski definition) is 6. The molecule has 0 saturated carbocycles. The van der Waals surface area contributed by atoms with E-state index in [1.807, 2.05) is 49.4 Å². The smallest absolute Gasteiger partial charge is 0.243 e. The van der Waals surface area contributed by atoms with Crippen LogP contribution in [-0.4, -0.2) is 84.4 Å². The number of amides is 3. The molecule has 34 heavy (non-hydrogen) atoms. The average molecular weight is 465 g/mol. The van der Waals surface area contributed by atoms with Gasteiger partial charge >= 0.3 is 0 Å². The average Bonchev–Trinajstić information content (AvgIpc) is 2.86. The van der Waals surface area contributed by atoms with Crippen molar-refractivity contribution in [3.05, 3.63) is 54.2 Å². The van der Waals surface area contributed by atoms with E-state index < -0.39 is 6.04 Å². The van der Waals surface area contributed by atoms with Gasteiger partial charge in [-0.05, 0) is 30.2 Å². The quantitative estimate of drug-likeness (QED) is 0.638. The molecule has 2 aliphatic rings. The van der Waals surface area contributed by atoms with E-state index in [0.717, 1.165) is 49.7 Å². The molecule has 1 aromatic heterocycles. The summed E-state index contributed by atoms with van der Waals surface area (Å²) < 4.78 is 0. The zero-order chi connectivity index (χ0) is 23.9. The molecule has 1 unspecified atom stereocenters. The highest BCUT2D eigenvalue weighted by atomic mass is 16.2. The Morgan fingerprint density at radius 2 is 1.82 bits per heavy atom. The molecule has 2 N–H and O–H groups in total. The predicted octanol–water partition coefficient (Wildman–Crippen LogP) is 1.12. The van der Waals surface area contributed by atoms with Crippen LogP contribution < -0.4 is 15.5 Å². The summed E-state index contributed by atoms with van der Waals surface area (Å²) in [4.78, 5) is 48.8. The summed E-state index contributed by atoms with van der Waals surface area (Å²) in [6, 6.07) is 12.7. The van der Waals surface area contributed by atoms with Gasteiger partial charge in [0.2, 0.25) is 17.7 Å². The Morgan fingerprint density at radius 1 is 1.06 bits per heavy atom. The largest absolute Gasteiger partial charge is 0.354 e. The number of rotatable bonds is 7. The maximum absolute atomic E-state index is 13.2. The maximum Gasteiger partial charge on any atom is 0.243 e. The number of carbonyl (C=O) groups excluding carboxylic acids is 3. The van der Waals surface area contributed by atoms with Gasteiger partial charge in [0.25, 0.3) is 0 Å². The van der Waals surface area contributed by atoms with Crippen molar-refractivity contribution in [2.75, 3.05) is 56.0 Å². The first kappa shape index (κ1) is 23.7. The van der Waals surface area contributed by atoms with Gasteiger partial charge in [0.15, 0.2) is 0 Å². The highest BCUT2D eigenvalue weighted by molar-refractivity contribution is 5.98. The lowest BCUT2D eigenvalue weighted by atomic mass is 10.1. The minimum absolute atomic E-state index is 0.0664. The van der Waals surface area contributed by atoms with E-state index in [9.17, 15) is 14.4 Å². The molecule has 2 aromatic rings. The first-order valence-electron chi connectivity index (χ1n) is 11.9. The third kappa shape index (κ3) is 5.72. The molecule has 1 aromatic carbocycles. The Bertz CT molecular complexity index is 1010. The summed E-state index contributed by atoms with van der Waals surface area (Å²) >= 11 is 0. The van der Waals surface area contributed by atoms with E-state index in [2.05, 4.69) is 25.4 Å². The van der Waals surface area contributed by atoms with E-state index in [1.54, 1.807) is 11.1 Å². The third-order valence-corrected chi connectivity index (χ3v) is 6.41. The molecule has 9 nitrogen and oxygen atoms in total. The van der Waals surface area contributed by atoms with Crippen LogP contribution in [0.2, 0.25) is 0 Å². The summed E-state index contributed by atoms with van der Waals surface area (Å²) in [7, 11) is 0. The van der Waals surface area contributed by atoms with Crippen molar-refractivity contribution >= 4 is 29.2 Å². The number of pyridine rings is 1. The zero-order valence-electron chi connectivity index (χ0n) is 19.6. The number of nitrogens with zero attached hydrogens (tertiary/aromatic N) is 4. The van der Waals surface area contributed by atoms with Crippen molar-refractivity contribution in [2.45, 2.75) is 25.8 Å². The van der Waals surface area contributed by atoms with E-state index in [1.165, 1.54) is 0 Å². The first-order chi connectivity index (χ1) is 16.5. The number of aryl methyl sites for hydroxylation is 1. The SMILES string of the molecule is CCc1ccccc1NC(=O)CC1C(=O)NCCN1C(=O)CN1CCN(c2ccccn2)CC1. The van der Waals surface area contributed by atoms with Gasteiger partial charge in [-0.2, -0.15) is 0 Å². The van der Waals surface area contributed by atoms with Crippen LogP contribution >= 0.6 is 0 Å². The summed E-state index contributed by atoms with van der Waals surface area (Å²) in [5.74, 6) is 0.271. The fourth-order valence-electron chi connectivity index (χ4n) is 4.50. The first-order valence-corrected chi connectivity index (χ1v) is 11.9. The molecule has 0 spiro atoms. The number of nitrogens with one attached hydrogen (secondary N) is 2. The van der Waals surface area contributed by atoms with Gasteiger partial charge in [-0.3, -0.25) is 19.3 Å². The van der Waals surface area contributed by atoms with Crippen LogP contribution in [0.15, 0.2) is 48.7 Å². The standard InChI is InChI=1S/C25H32N6O3/c1-2-19-7-3-4-8-20(19)28-23(32)17-21-25(34)27-11-12-31(21)24(33)18-29-13-15-30(16-14-29)22-9-5-6-10-26-22/h3-10,21H,2,11-18H2,1H3,(H,27,34)(H,28,32). The number of carbonyl (C=O) groups is 3. The Hall–Kier alpha value is -3.46. The topological polar surface area (TPSA) is 97.9 Å². The number of hydrogen-bond donors (Lipinski definition) is 2. The molecule has 1 atom stereocenters. The van der Waals surface area contributed by atoms with Gasteiger partial charge in [-0.1, -0.05) is 31.2 Å². The number of anilines is 2. The lowest BCUT2D eigenvalue weighted by Crippen LogP contribution is -2.60. The van der Waals surface area contributed by atoms with Gasteiger partial charge in [-0.15, -0.1) is 0 Å². The van der Waals surface area contributed by atoms with Crippen molar-refractivity contribution < 1.29 is 14.4 Å². The van der Waals surface area contributed by atoms with Gasteiger partial charge in [0, 0.05) is 51.2 Å². The van der Waals surface area contributed by atoms with Gasteiger partial charge < -0.3 is 20.4 Å². The van der Waals surface area contributed by atoms with Crippen LogP contribution in [0.5, 0.6) is 0 Å². The van der Waals surface area contributed by atoms with Crippen molar-refractivity contribution in [3.63, 3.8) is 0 Å². The predicted molar refractivity (Wildman–Crippen MR) is 130 cm³/mol. The van der Waals surface area contributed by atoms with Gasteiger partial charge in [0.05, 0.1) is 13.0 Å². The van der Waals surface area contributed by atoms with Crippen molar-refractivity contribution in [2.24, 2.45) is 0 Å². The van der Waals surface area contributed by atoms with E-state index >= 15 is 0 Å². The summed E-state index contributed by atoms with van der Waals surface area (Å²) in [6.07, 6.45) is 2.51. The molecule has 3 amide bonds. The third-order valence-electron chi connectivity index (χ3n) is 6.41. The molecule has 9 heteroatoms. The molecular formula is C25H32N6O3. The number of aromatic nitrogens is 1. The van der Waals surface area contributed by atoms with Gasteiger partial charge in [-0.25, -0.2) is 4.98 Å². The number of para-hydroxylation sites is 1. The zero-order valence-corrected chi connectivity index (χ0v) is 19.6. The van der Waals surface area contributed by atoms with Crippen LogP contribution in [0.25, 0.3) is 0 Å². The lowest BCUT2D eigenvalue weighted by molar-refractivity contribution is -0.145. The molecule has 2 aliphatic heterocycles. The van der Waals surface area contributed by atoms with Crippen LogP contribution in [0.1, 0.15) is 18.9 Å². The second kappa shape index (κ2) is 11.1. The molecule has 3 heterocycles. The molecule has 180 valence electrons. The Labute approximate surface area is 200 Å². The Balaban J connectivity index is 1.34. The second-order valence-electron chi connectivity index (χ2n) is 8.61. The van der Waals surface area contributed by atoms with Crippen molar-refractivity contribution in [1.29, 1.82) is 0 Å². The number of piperazine rings is 2. The minimum atomic E-state index is -0.801. The Kier molecular flexibility index (Phi) is 7.74. The summed E-state index contributed by atoms with van der Waals surface area (Å²) in [6.45, 7) is 6.11. The summed E-state index contributed by atoms with van der Waals surface area (Å²) in [5, 5.41) is 5.71. The van der Waals surface area contributed by atoms with Crippen LogP contribution in [0, 0.1) is 0 Å². The molecule has 0 radical (unpaired) electrons. The fourth-order valence-corrected chi connectivity index (χ4v) is 4.50. The fraction of sp³-hybridized carbons (Fsp3) is 0.440. The second-order valence-corrected chi connectivity index (χ2v) is 8.61. The van der Waals surface area contributed by atoms with Crippen LogP contribution in [0.3, 0.4) is 0 Å². The highest BCUT2D eigenvalue weighted by Crippen LogP contribution is 2.18. The molecule has 2 saturated heterocycles. The van der Waals surface area contributed by atoms with E-state index in [0.29, 0.717) is 13.1 Å². The monoisotopic (exact) mass is 464 g/mol. The van der Waals surface area contributed by atoms with Crippen molar-refractivity contribution in [1.82, 2.24) is 20.1 Å². The van der Waals surface area contributed by atoms with E-state index in [4.69, 9.17) is 0 Å². The van der Waals surface area contributed by atoms with Crippen LogP contribution in [0.4, 0.5) is 11.5 Å². The molecule has 2 fully saturated rings. The van der Waals surface area contributed by atoms with Gasteiger partial charge in [0.1, 0.15) is 11.9 Å². The van der Waals surface area contributed by atoms with Crippen LogP contribution in [-0.2, 0) is 20.8 Å². The molecule has 0 aliphatic carbocycles. The van der Waals surface area contributed by atoms with E-state index in [-0.39, 0.29) is 30.7 Å². The molecule has 4 rings (SSSR count). The Morgan fingerprint density at radius 3 is 2.56 bits per heavy atom. The number of benzene rings is 1. The van der Waals surface area contributed by atoms with Crippen molar-refractivity contribution in [3.8, 4) is 0 Å². The normalized spacial score (nSPS) is 19.0. The highest BCUT2D eigenvalue weighted by Gasteiger charge is 2.35. The molecule has 0 bridgehead atoms. The molecular weight excluding hydrogens is 432 g/mol. The minimum Gasteiger partial charge on any atom is -0.354 e. The lowest BCUT2D eigenvalue weighted by Gasteiger charge is -2.38. The summed E-state index contributed by atoms with van der Waals surface area (Å²) in [5.41, 5.74) is 1.77.